The van der Waals surface area contributed by atoms with Crippen LogP contribution in [0.3, 0.4) is 0 Å². The third-order valence-electron chi connectivity index (χ3n) is 19.2. The van der Waals surface area contributed by atoms with E-state index >= 15 is 19.2 Å². The summed E-state index contributed by atoms with van der Waals surface area (Å²) in [5.41, 5.74) is -0.000262. The number of hydrogen-bond donors (Lipinski definition) is 0. The van der Waals surface area contributed by atoms with E-state index in [1.165, 1.54) is 0 Å². The van der Waals surface area contributed by atoms with E-state index in [2.05, 4.69) is 48.7 Å². The first kappa shape index (κ1) is 65.4. The molecule has 1 saturated carbocycles. The highest BCUT2D eigenvalue weighted by atomic mass is 16.6. The Morgan fingerprint density at radius 1 is 0.378 bits per heavy atom. The fraction of sp³-hybridized carbons (Fsp3) is 0.600. The van der Waals surface area contributed by atoms with Gasteiger partial charge in [0.2, 0.25) is 0 Å². The molecule has 5 aliphatic carbocycles. The van der Waals surface area contributed by atoms with Crippen LogP contribution in [0.1, 0.15) is 171 Å². The third-order valence-corrected chi connectivity index (χ3v) is 19.2. The molecule has 468 valence electrons. The monoisotopic (exact) mass is 1220 g/mol. The summed E-state index contributed by atoms with van der Waals surface area (Å²) >= 11 is 0. The summed E-state index contributed by atoms with van der Waals surface area (Å²) in [6.45, 7) is 29.8. The number of esters is 4. The highest BCUT2D eigenvalue weighted by Crippen LogP contribution is 2.50. The average molecular weight is 1220 g/mol. The van der Waals surface area contributed by atoms with Gasteiger partial charge < -0.3 is 38.5 Å². The number of allylic oxidation sites excluding steroid dienone is 12. The van der Waals surface area contributed by atoms with Gasteiger partial charge >= 0.3 is 23.9 Å². The lowest BCUT2D eigenvalue weighted by molar-refractivity contribution is -0.193. The molecule has 4 atom stereocenters. The van der Waals surface area contributed by atoms with E-state index in [0.717, 1.165) is 51.4 Å². The molecule has 4 heterocycles. The highest BCUT2D eigenvalue weighted by Gasteiger charge is 2.49. The standard InChI is InChI=1S/C70H80N12O8/c1-67(2)28-43(47(36-71)54(32-67)79-18-10-11-19-79)51(40-75)63(83)87-58-26-60(89-65(85)53(42-77)45-30-69(5,6)34-56(49(45)38-73)81-22-14-15-23-81)61(90-66(86)62(78-9)46-31-70(7,8)35-57(50(46)39-74)82-24-16-17-25-82)27-59(58)88-64(84)52(41-76)44-29-68(3,4)33-55(48(44)37-72)80-20-12-13-21-80/h58-61H,10-35H2,1-8H3/b51-43+,52-44+,53-45+,62-46+. The number of nitrogens with zero attached hydrogens (tertiary/aromatic N) is 12. The maximum absolute atomic E-state index is 15.1. The van der Waals surface area contributed by atoms with Crippen LogP contribution >= 0.6 is 0 Å². The lowest BCUT2D eigenvalue weighted by Gasteiger charge is -2.40. The number of hydrogen-bond acceptors (Lipinski definition) is 19. The molecule has 0 amide bonds. The van der Waals surface area contributed by atoms with Crippen molar-refractivity contribution >= 4 is 23.9 Å². The molecule has 20 heteroatoms. The van der Waals surface area contributed by atoms with Crippen molar-refractivity contribution in [2.45, 2.75) is 195 Å². The molecule has 20 nitrogen and oxygen atoms in total. The van der Waals surface area contributed by atoms with Gasteiger partial charge in [-0.15, -0.1) is 0 Å². The quantitative estimate of drug-likeness (QED) is 0.0577. The molecule has 4 aliphatic heterocycles. The molecule has 4 unspecified atom stereocenters. The lowest BCUT2D eigenvalue weighted by Crippen LogP contribution is -2.52. The van der Waals surface area contributed by atoms with Gasteiger partial charge in [0.25, 0.3) is 5.70 Å². The Kier molecular flexibility index (Phi) is 19.3. The molecule has 9 aliphatic rings. The normalized spacial score (nSPS) is 27.6. The van der Waals surface area contributed by atoms with Gasteiger partial charge in [-0.2, -0.15) is 36.8 Å². The number of ether oxygens (including phenoxy) is 4. The van der Waals surface area contributed by atoms with Crippen molar-refractivity contribution in [3.63, 3.8) is 0 Å². The maximum atomic E-state index is 15.1. The molecule has 0 radical (unpaired) electrons. The first-order valence-corrected chi connectivity index (χ1v) is 31.7. The van der Waals surface area contributed by atoms with Gasteiger partial charge in [0.15, 0.2) is 0 Å². The zero-order valence-electron chi connectivity index (χ0n) is 53.3. The summed E-state index contributed by atoms with van der Waals surface area (Å²) < 4.78 is 25.4. The number of nitriles is 7. The zero-order chi connectivity index (χ0) is 65.0. The van der Waals surface area contributed by atoms with Crippen molar-refractivity contribution in [1.82, 2.24) is 19.6 Å². The van der Waals surface area contributed by atoms with E-state index in [4.69, 9.17) is 25.5 Å². The van der Waals surface area contributed by atoms with Crippen LogP contribution in [-0.4, -0.2) is 120 Å². The van der Waals surface area contributed by atoms with Crippen molar-refractivity contribution < 1.29 is 38.1 Å². The Morgan fingerprint density at radius 3 is 0.822 bits per heavy atom. The highest BCUT2D eigenvalue weighted by molar-refractivity contribution is 5.97. The molecule has 0 aromatic heterocycles. The number of likely N-dealkylation sites (tertiary alicyclic amines) is 4. The maximum Gasteiger partial charge on any atom is 0.349 e. The van der Waals surface area contributed by atoms with Crippen LogP contribution in [0.4, 0.5) is 0 Å². The fourth-order valence-corrected chi connectivity index (χ4v) is 15.1. The predicted octanol–water partition coefficient (Wildman–Crippen LogP) is 10.8. The smallest absolute Gasteiger partial charge is 0.349 e. The molecule has 0 aromatic rings. The molecular formula is C70H80N12O8. The fourth-order valence-electron chi connectivity index (χ4n) is 15.1. The number of carbonyl (C=O) groups excluding carboxylic acids is 4. The van der Waals surface area contributed by atoms with Crippen LogP contribution < -0.4 is 0 Å². The topological polar surface area (TPSA) is 289 Å². The molecule has 4 saturated heterocycles. The van der Waals surface area contributed by atoms with Gasteiger partial charge in [0.05, 0.1) is 34.9 Å². The second-order valence-electron chi connectivity index (χ2n) is 28.7. The van der Waals surface area contributed by atoms with Crippen LogP contribution in [0.25, 0.3) is 4.85 Å². The first-order chi connectivity index (χ1) is 42.8. The molecule has 90 heavy (non-hydrogen) atoms. The number of carbonyl (C=O) groups is 4. The molecular weight excluding hydrogens is 1140 g/mol. The van der Waals surface area contributed by atoms with Gasteiger partial charge in [0.1, 0.15) is 77.6 Å². The molecule has 0 aromatic carbocycles. The minimum absolute atomic E-state index is 0.134. The van der Waals surface area contributed by atoms with Crippen molar-refractivity contribution in [3.05, 3.63) is 101 Å². The Balaban J connectivity index is 1.19. The van der Waals surface area contributed by atoms with Crippen molar-refractivity contribution in [1.29, 1.82) is 36.8 Å². The molecule has 0 spiro atoms. The van der Waals surface area contributed by atoms with E-state index in [9.17, 15) is 36.8 Å². The van der Waals surface area contributed by atoms with Crippen LogP contribution in [0.2, 0.25) is 0 Å². The summed E-state index contributed by atoms with van der Waals surface area (Å²) in [4.78, 5) is 72.6. The van der Waals surface area contributed by atoms with E-state index in [1.807, 2.05) is 73.6 Å². The van der Waals surface area contributed by atoms with Crippen LogP contribution in [0, 0.1) is 108 Å². The Morgan fingerprint density at radius 2 is 0.600 bits per heavy atom. The molecule has 9 rings (SSSR count). The summed E-state index contributed by atoms with van der Waals surface area (Å²) in [7, 11) is 0. The van der Waals surface area contributed by atoms with Crippen LogP contribution in [-0.2, 0) is 38.1 Å². The summed E-state index contributed by atoms with van der Waals surface area (Å²) in [5.74, 6) is -4.85. The minimum atomic E-state index is -1.68. The zero-order valence-corrected chi connectivity index (χ0v) is 53.3. The Labute approximate surface area is 529 Å². The van der Waals surface area contributed by atoms with E-state index in [-0.39, 0.29) is 70.3 Å². The minimum Gasteiger partial charge on any atom is -0.463 e. The van der Waals surface area contributed by atoms with Gasteiger partial charge in [-0.1, -0.05) is 55.4 Å². The first-order valence-electron chi connectivity index (χ1n) is 31.7. The van der Waals surface area contributed by atoms with Gasteiger partial charge in [0, 0.05) is 88.0 Å². The van der Waals surface area contributed by atoms with Crippen LogP contribution in [0.5, 0.6) is 0 Å². The van der Waals surface area contributed by atoms with E-state index in [1.54, 1.807) is 0 Å². The second kappa shape index (κ2) is 26.6. The Hall–Kier alpha value is -9.08. The molecule has 5 fully saturated rings. The van der Waals surface area contributed by atoms with E-state index < -0.39 is 105 Å². The largest absolute Gasteiger partial charge is 0.463 e. The van der Waals surface area contributed by atoms with Crippen molar-refractivity contribution in [2.24, 2.45) is 21.7 Å². The summed E-state index contributed by atoms with van der Waals surface area (Å²) in [5, 5.41) is 76.4. The predicted molar refractivity (Wildman–Crippen MR) is 326 cm³/mol. The third kappa shape index (κ3) is 13.7. The SMILES string of the molecule is [C-]#[N+]/C(C(=O)OC1CC(OC(=O)/C(C#N)=C2\CC(C)(C)CC(N3CCCC3)=C2C#N)C(OC(=O)/C(C#N)=C2\CC(C)(C)CC(N3CCCC3)=C2C#N)CC1OC(=O)/C(C#N)=C1\CC(C)(C)CC(N2CCCC2)=C1C#N)=C1\CC(C)(C)CC(N2CCCC2)=C1C#N. The van der Waals surface area contributed by atoms with E-state index in [0.29, 0.717) is 101 Å². The second-order valence-corrected chi connectivity index (χ2v) is 28.7. The van der Waals surface area contributed by atoms with Gasteiger partial charge in [-0.05, 0) is 147 Å². The average Bonchev–Trinajstić information content (AvgIpc) is 2.13. The van der Waals surface area contributed by atoms with Gasteiger partial charge in [-0.25, -0.2) is 19.2 Å². The number of rotatable bonds is 12. The van der Waals surface area contributed by atoms with Crippen LogP contribution in [0.15, 0.2) is 89.8 Å². The molecule has 0 bridgehead atoms. The van der Waals surface area contributed by atoms with Crippen molar-refractivity contribution in [2.75, 3.05) is 52.4 Å². The molecule has 0 N–H and O–H groups in total. The summed E-state index contributed by atoms with van der Waals surface area (Å²) in [6, 6.07) is 15.2. The van der Waals surface area contributed by atoms with Gasteiger partial charge in [-0.3, -0.25) is 4.79 Å². The Bertz CT molecular complexity index is 3180. The van der Waals surface area contributed by atoms with Crippen molar-refractivity contribution in [3.8, 4) is 42.5 Å². The summed E-state index contributed by atoms with van der Waals surface area (Å²) in [6.07, 6.45) is 1.67. The lowest BCUT2D eigenvalue weighted by atomic mass is 9.72.